The number of thiol groups is 1. The van der Waals surface area contributed by atoms with Crippen LogP contribution in [0.1, 0.15) is 24.2 Å². The zero-order valence-electron chi connectivity index (χ0n) is 11.0. The third-order valence-corrected chi connectivity index (χ3v) is 4.05. The van der Waals surface area contributed by atoms with Crippen LogP contribution in [-0.4, -0.2) is 10.4 Å². The van der Waals surface area contributed by atoms with Gasteiger partial charge in [-0.1, -0.05) is 36.4 Å². The number of fused-ring (bicyclic) bond motifs is 3. The van der Waals surface area contributed by atoms with Crippen molar-refractivity contribution < 1.29 is 4.79 Å². The summed E-state index contributed by atoms with van der Waals surface area (Å²) in [6.45, 7) is 4.48. The van der Waals surface area contributed by atoms with Gasteiger partial charge in [-0.3, -0.25) is 4.79 Å². The van der Waals surface area contributed by atoms with Crippen LogP contribution in [0.3, 0.4) is 0 Å². The van der Waals surface area contributed by atoms with Crippen molar-refractivity contribution in [3.63, 3.8) is 0 Å². The number of ketones is 1. The Labute approximate surface area is 117 Å². The van der Waals surface area contributed by atoms with Gasteiger partial charge in [0.05, 0.1) is 16.1 Å². The van der Waals surface area contributed by atoms with Crippen molar-refractivity contribution in [1.29, 1.82) is 0 Å². The van der Waals surface area contributed by atoms with Gasteiger partial charge in [-0.15, -0.1) is 12.6 Å². The maximum absolute atomic E-state index is 11.9. The first kappa shape index (κ1) is 12.3. The number of Topliss-reactive ketones (excluding diaryl/α,β-unsaturated/α-hetero) is 1. The van der Waals surface area contributed by atoms with E-state index < -0.39 is 0 Å². The Morgan fingerprint density at radius 2 is 1.89 bits per heavy atom. The molecule has 0 radical (unpaired) electrons. The van der Waals surface area contributed by atoms with Crippen molar-refractivity contribution in [1.82, 2.24) is 4.57 Å². The molecular formula is C16H15NOS. The van der Waals surface area contributed by atoms with Gasteiger partial charge in [-0.2, -0.15) is 0 Å². The van der Waals surface area contributed by atoms with Gasteiger partial charge in [-0.25, -0.2) is 0 Å². The van der Waals surface area contributed by atoms with Crippen molar-refractivity contribution in [2.75, 3.05) is 0 Å². The number of carbonyl (C=O) groups is 1. The SMILES string of the molecule is CCn1c(S)c(C(C)=O)c2ccc3ccccc3c21. The Morgan fingerprint density at radius 1 is 1.16 bits per heavy atom. The summed E-state index contributed by atoms with van der Waals surface area (Å²) in [6.07, 6.45) is 0. The van der Waals surface area contributed by atoms with E-state index in [2.05, 4.69) is 42.3 Å². The Hall–Kier alpha value is -1.74. The lowest BCUT2D eigenvalue weighted by molar-refractivity contribution is 0.101. The highest BCUT2D eigenvalue weighted by Gasteiger charge is 2.18. The summed E-state index contributed by atoms with van der Waals surface area (Å²) in [4.78, 5) is 11.9. The molecule has 96 valence electrons. The van der Waals surface area contributed by atoms with E-state index >= 15 is 0 Å². The van der Waals surface area contributed by atoms with Gasteiger partial charge in [0.2, 0.25) is 0 Å². The van der Waals surface area contributed by atoms with Crippen molar-refractivity contribution in [3.8, 4) is 0 Å². The van der Waals surface area contributed by atoms with Crippen molar-refractivity contribution in [2.45, 2.75) is 25.4 Å². The van der Waals surface area contributed by atoms with Gasteiger partial charge >= 0.3 is 0 Å². The van der Waals surface area contributed by atoms with Gasteiger partial charge in [0.1, 0.15) is 0 Å². The molecule has 0 atom stereocenters. The first-order chi connectivity index (χ1) is 9.15. The summed E-state index contributed by atoms with van der Waals surface area (Å²) in [5.41, 5.74) is 1.83. The molecule has 3 aromatic rings. The average Bonchev–Trinajstić information content (AvgIpc) is 2.70. The molecule has 2 aromatic carbocycles. The number of hydrogen-bond acceptors (Lipinski definition) is 2. The molecule has 19 heavy (non-hydrogen) atoms. The highest BCUT2D eigenvalue weighted by atomic mass is 32.1. The first-order valence-corrected chi connectivity index (χ1v) is 6.83. The van der Waals surface area contributed by atoms with E-state index in [-0.39, 0.29) is 5.78 Å². The minimum Gasteiger partial charge on any atom is -0.335 e. The predicted octanol–water partition coefficient (Wildman–Crippen LogP) is 4.31. The fourth-order valence-corrected chi connectivity index (χ4v) is 3.28. The number of rotatable bonds is 2. The predicted molar refractivity (Wildman–Crippen MR) is 82.4 cm³/mol. The molecule has 0 unspecified atom stereocenters. The molecule has 0 amide bonds. The number of carbonyl (C=O) groups excluding carboxylic acids is 1. The van der Waals surface area contributed by atoms with Crippen LogP contribution in [0.15, 0.2) is 41.4 Å². The van der Waals surface area contributed by atoms with Crippen LogP contribution in [0.5, 0.6) is 0 Å². The number of benzene rings is 2. The summed E-state index contributed by atoms with van der Waals surface area (Å²) < 4.78 is 2.11. The van der Waals surface area contributed by atoms with E-state index in [9.17, 15) is 4.79 Å². The Morgan fingerprint density at radius 3 is 2.58 bits per heavy atom. The summed E-state index contributed by atoms with van der Waals surface area (Å²) in [5.74, 6) is 0.0671. The summed E-state index contributed by atoms with van der Waals surface area (Å²) in [5, 5.41) is 4.12. The van der Waals surface area contributed by atoms with Gasteiger partial charge in [0.25, 0.3) is 0 Å². The van der Waals surface area contributed by atoms with Crippen molar-refractivity contribution in [3.05, 3.63) is 42.0 Å². The smallest absolute Gasteiger partial charge is 0.163 e. The monoisotopic (exact) mass is 269 g/mol. The Balaban J connectivity index is 2.59. The van der Waals surface area contributed by atoms with Gasteiger partial charge < -0.3 is 4.57 Å². The van der Waals surface area contributed by atoms with Gasteiger partial charge in [0, 0.05) is 17.3 Å². The molecule has 1 heterocycles. The molecule has 2 nitrogen and oxygen atoms in total. The molecule has 1 aromatic heterocycles. The first-order valence-electron chi connectivity index (χ1n) is 6.39. The lowest BCUT2D eigenvalue weighted by Gasteiger charge is -2.06. The summed E-state index contributed by atoms with van der Waals surface area (Å²) >= 11 is 4.56. The van der Waals surface area contributed by atoms with E-state index in [1.54, 1.807) is 6.92 Å². The van der Waals surface area contributed by atoms with Crippen molar-refractivity contribution in [2.24, 2.45) is 0 Å². The molecule has 0 spiro atoms. The normalized spacial score (nSPS) is 11.3. The van der Waals surface area contributed by atoms with E-state index in [0.717, 1.165) is 28.0 Å². The average molecular weight is 269 g/mol. The number of nitrogens with zero attached hydrogens (tertiary/aromatic N) is 1. The second kappa shape index (κ2) is 4.42. The lowest BCUT2D eigenvalue weighted by atomic mass is 10.0. The van der Waals surface area contributed by atoms with E-state index in [1.807, 2.05) is 18.2 Å². The summed E-state index contributed by atoms with van der Waals surface area (Å²) in [6, 6.07) is 12.3. The lowest BCUT2D eigenvalue weighted by Crippen LogP contribution is -1.97. The zero-order valence-corrected chi connectivity index (χ0v) is 11.9. The maximum Gasteiger partial charge on any atom is 0.163 e. The number of hydrogen-bond donors (Lipinski definition) is 1. The largest absolute Gasteiger partial charge is 0.335 e. The minimum atomic E-state index is 0.0671. The van der Waals surface area contributed by atoms with Crippen LogP contribution < -0.4 is 0 Å². The fourth-order valence-electron chi connectivity index (χ4n) is 2.76. The molecule has 3 rings (SSSR count). The van der Waals surface area contributed by atoms with Gasteiger partial charge in [-0.05, 0) is 19.2 Å². The topological polar surface area (TPSA) is 22.0 Å². The molecule has 0 aliphatic heterocycles. The second-order valence-corrected chi connectivity index (χ2v) is 5.11. The minimum absolute atomic E-state index is 0.0671. The molecule has 0 aliphatic carbocycles. The molecule has 0 saturated heterocycles. The molecule has 0 fully saturated rings. The van der Waals surface area contributed by atoms with Crippen LogP contribution in [0, 0.1) is 0 Å². The highest BCUT2D eigenvalue weighted by Crippen LogP contribution is 2.34. The standard InChI is InChI=1S/C16H15NOS/c1-3-17-15-12-7-5-4-6-11(12)8-9-13(15)14(10(2)18)16(17)19/h4-9,19H,3H2,1-2H3. The van der Waals surface area contributed by atoms with E-state index in [1.165, 1.54) is 10.8 Å². The van der Waals surface area contributed by atoms with Crippen LogP contribution in [0.2, 0.25) is 0 Å². The zero-order chi connectivity index (χ0) is 13.6. The Bertz CT molecular complexity index is 801. The van der Waals surface area contributed by atoms with E-state index in [0.29, 0.717) is 0 Å². The number of aryl methyl sites for hydroxylation is 1. The Kier molecular flexibility index (Phi) is 2.86. The quantitative estimate of drug-likeness (QED) is 0.543. The molecule has 0 N–H and O–H groups in total. The molecule has 3 heteroatoms. The molecule has 0 saturated carbocycles. The molecule has 0 bridgehead atoms. The van der Waals surface area contributed by atoms with Crippen LogP contribution in [0.25, 0.3) is 21.7 Å². The van der Waals surface area contributed by atoms with E-state index in [4.69, 9.17) is 0 Å². The van der Waals surface area contributed by atoms with Crippen molar-refractivity contribution >= 4 is 40.1 Å². The third-order valence-electron chi connectivity index (χ3n) is 3.59. The van der Waals surface area contributed by atoms with Crippen LogP contribution >= 0.6 is 12.6 Å². The maximum atomic E-state index is 11.9. The highest BCUT2D eigenvalue weighted by molar-refractivity contribution is 7.80. The number of aromatic nitrogens is 1. The molecular weight excluding hydrogens is 254 g/mol. The van der Waals surface area contributed by atoms with Gasteiger partial charge in [0.15, 0.2) is 5.78 Å². The van der Waals surface area contributed by atoms with Crippen LogP contribution in [-0.2, 0) is 6.54 Å². The second-order valence-electron chi connectivity index (χ2n) is 4.68. The summed E-state index contributed by atoms with van der Waals surface area (Å²) in [7, 11) is 0. The molecule has 0 aliphatic rings. The third kappa shape index (κ3) is 1.69. The van der Waals surface area contributed by atoms with Crippen LogP contribution in [0.4, 0.5) is 0 Å². The fraction of sp³-hybridized carbons (Fsp3) is 0.188.